The Morgan fingerprint density at radius 3 is 1.66 bits per heavy atom. The second-order valence-corrected chi connectivity index (χ2v) is 26.6. The van der Waals surface area contributed by atoms with Crippen molar-refractivity contribution >= 4 is 26.8 Å². The largest absolute Gasteiger partial charge is 0.744 e. The zero-order chi connectivity index (χ0) is 41.6. The van der Waals surface area contributed by atoms with Crippen LogP contribution in [0.25, 0.3) is 9.96 Å². The van der Waals surface area contributed by atoms with Gasteiger partial charge in [-0.25, -0.2) is 45.0 Å². The molecule has 4 fully saturated rings. The summed E-state index contributed by atoms with van der Waals surface area (Å²) in [6.07, 6.45) is 32.8. The van der Waals surface area contributed by atoms with E-state index in [1.807, 2.05) is 12.2 Å². The van der Waals surface area contributed by atoms with E-state index < -0.39 is 16.5 Å². The summed E-state index contributed by atoms with van der Waals surface area (Å²) in [4.78, 5) is 10.7. The van der Waals surface area contributed by atoms with E-state index in [4.69, 9.17) is 14.7 Å². The van der Waals surface area contributed by atoms with Gasteiger partial charge in [-0.1, -0.05) is 132 Å². The van der Waals surface area contributed by atoms with Crippen LogP contribution in [-0.2, 0) is 4.74 Å². The van der Waals surface area contributed by atoms with Crippen LogP contribution >= 0.6 is 0 Å². The molecule has 0 radical (unpaired) electrons. The normalized spacial score (nSPS) is 20.1. The van der Waals surface area contributed by atoms with Gasteiger partial charge in [0.2, 0.25) is 0 Å². The number of allylic oxidation sites excluding steroid dienone is 2. The van der Waals surface area contributed by atoms with Crippen molar-refractivity contribution in [1.82, 2.24) is 0 Å². The average Bonchev–Trinajstić information content (AvgIpc) is 3.91. The molecular formula is C50H82N4OSi2Yb2-10. The summed E-state index contributed by atoms with van der Waals surface area (Å²) >= 11 is 0. The fraction of sp³-hybridized carbons (Fsp3) is 0.680. The van der Waals surface area contributed by atoms with E-state index in [-0.39, 0.29) is 93.8 Å². The van der Waals surface area contributed by atoms with Gasteiger partial charge in [-0.2, -0.15) is 33.9 Å². The SMILES string of the molecule is C1=CC[C-](N=NC2CCCCC2)C=C1.C1CCOC1.C[c-]1[c-](C)[c-](C)[c-]([Si](C)(C)[N-]C2CCCCC2)[c-]1C.Cc1c(C)c(C)[c-]([Si](C)(C)[N-]C2[CH-]CCCC2)c1C.[Yb].[Yb]. The average molecular weight is 1160 g/mol. The van der Waals surface area contributed by atoms with Crippen molar-refractivity contribution in [2.45, 2.75) is 209 Å². The Morgan fingerprint density at radius 1 is 0.644 bits per heavy atom. The number of hydrogen-bond acceptors (Lipinski definition) is 3. The Balaban J connectivity index is 0.000000285. The maximum Gasteiger partial charge on any atom is 0.0694 e. The number of rotatable bonds is 8. The summed E-state index contributed by atoms with van der Waals surface area (Å²) in [5, 5.41) is 11.9. The summed E-state index contributed by atoms with van der Waals surface area (Å²) < 4.78 is 4.94. The van der Waals surface area contributed by atoms with Crippen molar-refractivity contribution in [3.63, 3.8) is 0 Å². The first-order chi connectivity index (χ1) is 27.1. The van der Waals surface area contributed by atoms with E-state index in [9.17, 15) is 0 Å². The zero-order valence-electron chi connectivity index (χ0n) is 39.3. The molecule has 3 saturated carbocycles. The molecule has 1 heterocycles. The maximum absolute atomic E-state index is 5.35. The quantitative estimate of drug-likeness (QED) is 0.148. The minimum Gasteiger partial charge on any atom is -0.744 e. The smallest absolute Gasteiger partial charge is 0.0694 e. The molecule has 1 atom stereocenters. The van der Waals surface area contributed by atoms with Gasteiger partial charge in [-0.15, -0.1) is 31.3 Å². The minimum absolute atomic E-state index is 0. The molecule has 1 unspecified atom stereocenters. The third-order valence-electron chi connectivity index (χ3n) is 13.7. The molecule has 0 spiro atoms. The number of hydrogen-bond donors (Lipinski definition) is 0. The van der Waals surface area contributed by atoms with Gasteiger partial charge in [0.25, 0.3) is 0 Å². The van der Waals surface area contributed by atoms with E-state index >= 15 is 0 Å². The van der Waals surface area contributed by atoms with Gasteiger partial charge in [0.05, 0.1) is 6.04 Å². The predicted octanol–water partition coefficient (Wildman–Crippen LogP) is 13.9. The molecule has 59 heavy (non-hydrogen) atoms. The number of ether oxygens (including phenoxy) is 1. The third kappa shape index (κ3) is 17.4. The Bertz CT molecular complexity index is 1460. The molecular weight excluding hydrogens is 1070 g/mol. The van der Waals surface area contributed by atoms with Crippen molar-refractivity contribution in [2.24, 2.45) is 10.2 Å². The Labute approximate surface area is 443 Å². The molecule has 1 aliphatic heterocycles. The van der Waals surface area contributed by atoms with Crippen LogP contribution in [-0.4, -0.2) is 47.8 Å². The van der Waals surface area contributed by atoms with Crippen LogP contribution in [0.5, 0.6) is 0 Å². The Kier molecular flexibility index (Phi) is 26.8. The van der Waals surface area contributed by atoms with Gasteiger partial charge in [0, 0.05) is 107 Å². The molecule has 2 aromatic rings. The zero-order valence-corrected chi connectivity index (χ0v) is 44.7. The van der Waals surface area contributed by atoms with E-state index in [1.165, 1.54) is 147 Å². The molecule has 4 aliphatic carbocycles. The summed E-state index contributed by atoms with van der Waals surface area (Å²) in [7, 11) is -3.31. The molecule has 0 amide bonds. The van der Waals surface area contributed by atoms with Crippen molar-refractivity contribution < 1.29 is 98.6 Å². The van der Waals surface area contributed by atoms with Gasteiger partial charge in [0.15, 0.2) is 0 Å². The molecule has 354 valence electrons. The topological polar surface area (TPSA) is 62.2 Å². The fourth-order valence-corrected chi connectivity index (χ4v) is 16.9. The standard InChI is InChI=1S/C17H29NSi.C17H28NSi.C12H17N2.C4H8O.2Yb/c2*1-12-13(2)15(4)17(14(12)3)19(5,6)18-16-10-8-7-9-11-16;1-3-7-11(8-4-1)13-14-12-9-5-2-6-10-12;1-2-4-5-3-1;;/h16H,7-11H2,1-6H3;10,16H,7-9,11H2,1-6H3;1,3-4,7,12H,2,5-6,8-10H2;1-4H2;;/q-6;-3;-1;;;. The summed E-state index contributed by atoms with van der Waals surface area (Å²) in [6, 6.07) is 2.75. The van der Waals surface area contributed by atoms with Gasteiger partial charge in [-0.05, 0) is 25.7 Å². The van der Waals surface area contributed by atoms with Gasteiger partial charge >= 0.3 is 0 Å². The minimum atomic E-state index is -1.67. The Morgan fingerprint density at radius 2 is 1.19 bits per heavy atom. The summed E-state index contributed by atoms with van der Waals surface area (Å²) in [5.74, 6) is 0. The molecule has 0 aromatic heterocycles. The number of nitrogens with zero attached hydrogens (tertiary/aromatic N) is 4. The number of azo groups is 1. The molecule has 5 nitrogen and oxygen atoms in total. The van der Waals surface area contributed by atoms with Gasteiger partial charge in [-0.3, -0.25) is 19.4 Å². The monoisotopic (exact) mass is 1160 g/mol. The fourth-order valence-electron chi connectivity index (χ4n) is 9.97. The van der Waals surface area contributed by atoms with Crippen LogP contribution in [0.2, 0.25) is 26.2 Å². The predicted molar refractivity (Wildman–Crippen MR) is 254 cm³/mol. The Hall–Kier alpha value is 1.00. The van der Waals surface area contributed by atoms with Crippen molar-refractivity contribution in [1.29, 1.82) is 0 Å². The van der Waals surface area contributed by atoms with E-state index in [0.29, 0.717) is 18.1 Å². The molecule has 0 N–H and O–H groups in total. The van der Waals surface area contributed by atoms with Gasteiger partial charge in [0.1, 0.15) is 0 Å². The second kappa shape index (κ2) is 28.1. The molecule has 9 heteroatoms. The van der Waals surface area contributed by atoms with E-state index in [1.54, 1.807) is 10.4 Å². The van der Waals surface area contributed by atoms with Crippen molar-refractivity contribution in [2.75, 3.05) is 13.2 Å². The first kappa shape index (κ1) is 56.1. The second-order valence-electron chi connectivity index (χ2n) is 18.8. The molecule has 0 bridgehead atoms. The molecule has 2 aromatic carbocycles. The molecule has 1 saturated heterocycles. The maximum atomic E-state index is 5.35. The molecule has 5 aliphatic rings. The first-order valence-corrected chi connectivity index (χ1v) is 29.0. The first-order valence-electron chi connectivity index (χ1n) is 23.1. The summed E-state index contributed by atoms with van der Waals surface area (Å²) in [5.41, 5.74) is 12.0. The van der Waals surface area contributed by atoms with Crippen LogP contribution in [0.15, 0.2) is 34.5 Å². The third-order valence-corrected chi connectivity index (χ3v) is 19.6. The van der Waals surface area contributed by atoms with Crippen LogP contribution in [0.4, 0.5) is 0 Å². The van der Waals surface area contributed by atoms with Crippen molar-refractivity contribution in [3.8, 4) is 0 Å². The van der Waals surface area contributed by atoms with Crippen molar-refractivity contribution in [3.05, 3.63) is 91.2 Å². The van der Waals surface area contributed by atoms with Crippen LogP contribution in [0.1, 0.15) is 154 Å². The van der Waals surface area contributed by atoms with Crippen LogP contribution in [0, 0.1) is 162 Å². The molecule has 7 rings (SSSR count). The summed E-state index contributed by atoms with van der Waals surface area (Å²) in [6.45, 7) is 30.0. The van der Waals surface area contributed by atoms with Crippen LogP contribution in [0.3, 0.4) is 0 Å². The van der Waals surface area contributed by atoms with Gasteiger partial charge < -0.3 is 48.6 Å². The van der Waals surface area contributed by atoms with Crippen LogP contribution < -0.4 is 10.4 Å². The van der Waals surface area contributed by atoms with E-state index in [0.717, 1.165) is 25.7 Å². The van der Waals surface area contributed by atoms with E-state index in [2.05, 4.69) is 110 Å².